The van der Waals surface area contributed by atoms with Crippen LogP contribution in [0.15, 0.2) is 24.3 Å². The first kappa shape index (κ1) is 25.8. The molecule has 0 radical (unpaired) electrons. The second-order valence-electron chi connectivity index (χ2n) is 9.73. The largest absolute Gasteiger partial charge is 0.208 e. The van der Waals surface area contributed by atoms with Crippen molar-refractivity contribution in [2.45, 2.75) is 0 Å². The van der Waals surface area contributed by atoms with E-state index in [4.69, 9.17) is 15.0 Å². The summed E-state index contributed by atoms with van der Waals surface area (Å²) in [4.78, 5) is 14.7. The van der Waals surface area contributed by atoms with Crippen LogP contribution in [0.1, 0.15) is 5.56 Å². The molecule has 4 nitrogen and oxygen atoms in total. The molecule has 36 heavy (non-hydrogen) atoms. The number of benzene rings is 3. The van der Waals surface area contributed by atoms with E-state index < -0.39 is 5.82 Å². The fraction of sp³-hybridized carbons (Fsp3) is 0. The summed E-state index contributed by atoms with van der Waals surface area (Å²) in [6, 6.07) is 8.45. The van der Waals surface area contributed by atoms with Gasteiger partial charge >= 0.3 is 0 Å². The molecule has 0 amide bonds. The minimum Gasteiger partial charge on any atom is -0.208 e. The zero-order valence-electron chi connectivity index (χ0n) is 22.5. The third-order valence-corrected chi connectivity index (χ3v) is 7.93. The first-order valence-corrected chi connectivity index (χ1v) is 12.1. The molecule has 0 atom stereocenters. The van der Waals surface area contributed by atoms with Gasteiger partial charge in [0.2, 0.25) is 0 Å². The highest BCUT2D eigenvalue weighted by Gasteiger charge is 2.20. The molecule has 164 valence electrons. The van der Waals surface area contributed by atoms with Crippen molar-refractivity contribution in [1.29, 1.82) is 5.26 Å². The van der Waals surface area contributed by atoms with Crippen molar-refractivity contribution in [3.63, 3.8) is 0 Å². The Morgan fingerprint density at radius 1 is 0.611 bits per heavy atom. The summed E-state index contributed by atoms with van der Waals surface area (Å²) < 4.78 is 14.1. The van der Waals surface area contributed by atoms with Crippen LogP contribution in [0.3, 0.4) is 0 Å². The molecule has 14 heteroatoms. The van der Waals surface area contributed by atoms with Crippen LogP contribution in [-0.2, 0) is 0 Å². The van der Waals surface area contributed by atoms with Crippen molar-refractivity contribution >= 4 is 120 Å². The lowest BCUT2D eigenvalue weighted by Crippen LogP contribution is -2.55. The topological polar surface area (TPSA) is 62.5 Å². The van der Waals surface area contributed by atoms with Crippen molar-refractivity contribution in [2.75, 3.05) is 0 Å². The fourth-order valence-corrected chi connectivity index (χ4v) is 4.77. The molecule has 4 rings (SSSR count). The molecule has 1 heterocycles. The summed E-state index contributed by atoms with van der Waals surface area (Å²) >= 11 is 0. The second-order valence-corrected chi connectivity index (χ2v) is 9.73. The number of rotatable bonds is 3. The first-order chi connectivity index (χ1) is 17.0. The predicted molar refractivity (Wildman–Crippen MR) is 174 cm³/mol. The van der Waals surface area contributed by atoms with Crippen molar-refractivity contribution in [3.8, 4) is 40.2 Å². The van der Waals surface area contributed by atoms with E-state index >= 15 is 0 Å². The SMILES string of the molecule is Bc1cc(-c2nc(-c3ccc(F)c(C#N)c3)nc(-c3c(B)c(B)c(B)c(B)c3B)n2)c(B)c(B)c1B. The normalized spacial score (nSPS) is 10.8. The summed E-state index contributed by atoms with van der Waals surface area (Å²) in [7, 11) is 19.0. The van der Waals surface area contributed by atoms with Gasteiger partial charge in [-0.05, 0) is 18.2 Å². The Morgan fingerprint density at radius 3 is 1.75 bits per heavy atom. The molecule has 0 unspecified atom stereocenters. The third-order valence-electron chi connectivity index (χ3n) is 7.93. The van der Waals surface area contributed by atoms with Crippen molar-refractivity contribution in [1.82, 2.24) is 15.0 Å². The molecule has 0 spiro atoms. The molecule has 0 aliphatic carbocycles. The highest BCUT2D eigenvalue weighted by molar-refractivity contribution is 6.68. The summed E-state index contributed by atoms with van der Waals surface area (Å²) in [5.74, 6) is 0.995. The molecule has 3 aromatic carbocycles. The summed E-state index contributed by atoms with van der Waals surface area (Å²) in [6.07, 6.45) is 0. The Balaban J connectivity index is 2.10. The number of hydrogen-bond acceptors (Lipinski definition) is 4. The molecule has 0 saturated carbocycles. The maximum absolute atomic E-state index is 14.1. The van der Waals surface area contributed by atoms with Gasteiger partial charge in [-0.25, -0.2) is 19.3 Å². The number of aromatic nitrogens is 3. The quantitative estimate of drug-likeness (QED) is 0.286. The van der Waals surface area contributed by atoms with Gasteiger partial charge in [-0.1, -0.05) is 27.9 Å². The molecule has 0 bridgehead atoms. The van der Waals surface area contributed by atoms with Gasteiger partial charge < -0.3 is 0 Å². The van der Waals surface area contributed by atoms with Crippen molar-refractivity contribution in [3.05, 3.63) is 35.6 Å². The van der Waals surface area contributed by atoms with E-state index in [1.54, 1.807) is 6.07 Å². The van der Waals surface area contributed by atoms with Crippen LogP contribution in [0.5, 0.6) is 0 Å². The standard InChI is InChI=1S/C22H22B9FN4/c23-9-4-8(12(24)16(28)13(9)25)21-34-20(6-1-2-10(32)7(3-6)5-33)35-22(36-21)11-14(26)17(29)19(31)18(30)15(11)27/h1-4H,23-31H2. The van der Waals surface area contributed by atoms with E-state index in [-0.39, 0.29) is 5.56 Å². The summed E-state index contributed by atoms with van der Waals surface area (Å²) in [6.45, 7) is 0. The van der Waals surface area contributed by atoms with Crippen LogP contribution >= 0.6 is 0 Å². The molecule has 0 aliphatic heterocycles. The van der Waals surface area contributed by atoms with Gasteiger partial charge in [-0.2, -0.15) is 5.26 Å². The van der Waals surface area contributed by atoms with Gasteiger partial charge in [0.1, 0.15) is 82.5 Å². The smallest absolute Gasteiger partial charge is 0.164 e. The molecule has 1 aromatic heterocycles. The Bertz CT molecular complexity index is 1590. The highest BCUT2D eigenvalue weighted by Crippen LogP contribution is 2.23. The van der Waals surface area contributed by atoms with E-state index in [0.717, 1.165) is 27.5 Å². The third kappa shape index (κ3) is 4.26. The molecule has 0 N–H and O–H groups in total. The van der Waals surface area contributed by atoms with Gasteiger partial charge in [-0.15, -0.1) is 27.3 Å². The van der Waals surface area contributed by atoms with Crippen LogP contribution in [0, 0.1) is 17.1 Å². The lowest BCUT2D eigenvalue weighted by atomic mass is 9.60. The molecule has 4 aromatic rings. The second kappa shape index (κ2) is 9.62. The Labute approximate surface area is 220 Å². The monoisotopic (exact) mass is 460 g/mol. The zero-order chi connectivity index (χ0) is 26.5. The summed E-state index contributed by atoms with van der Waals surface area (Å²) in [5, 5.41) is 9.40. The maximum Gasteiger partial charge on any atom is 0.164 e. The van der Waals surface area contributed by atoms with Crippen LogP contribution < -0.4 is 49.2 Å². The van der Waals surface area contributed by atoms with E-state index in [0.29, 0.717) is 23.0 Å². The van der Waals surface area contributed by atoms with Crippen LogP contribution in [0.2, 0.25) is 0 Å². The van der Waals surface area contributed by atoms with Crippen LogP contribution in [0.4, 0.5) is 4.39 Å². The maximum atomic E-state index is 14.1. The van der Waals surface area contributed by atoms with Gasteiger partial charge in [-0.3, -0.25) is 0 Å². The molecule has 0 saturated heterocycles. The Morgan fingerprint density at radius 2 is 1.14 bits per heavy atom. The zero-order valence-corrected chi connectivity index (χ0v) is 22.5. The van der Waals surface area contributed by atoms with E-state index in [9.17, 15) is 9.65 Å². The number of hydrogen-bond donors (Lipinski definition) is 0. The van der Waals surface area contributed by atoms with Gasteiger partial charge in [0.15, 0.2) is 17.5 Å². The lowest BCUT2D eigenvalue weighted by molar-refractivity contribution is 0.624. The number of halogens is 1. The first-order valence-electron chi connectivity index (χ1n) is 12.1. The average molecular weight is 459 g/mol. The van der Waals surface area contributed by atoms with Crippen molar-refractivity contribution < 1.29 is 4.39 Å². The van der Waals surface area contributed by atoms with E-state index in [1.165, 1.54) is 44.9 Å². The molecule has 0 aliphatic rings. The molecule has 0 fully saturated rings. The highest BCUT2D eigenvalue weighted by atomic mass is 19.1. The predicted octanol–water partition coefficient (Wildman–Crippen LogP) is -10.8. The van der Waals surface area contributed by atoms with Gasteiger partial charge in [0.25, 0.3) is 0 Å². The molecular formula is C22H22B9FN4. The van der Waals surface area contributed by atoms with Crippen molar-refractivity contribution in [2.24, 2.45) is 0 Å². The minimum atomic E-state index is -0.562. The Hall–Kier alpha value is -3.33. The fourth-order valence-electron chi connectivity index (χ4n) is 4.77. The number of nitrogens with zero attached hydrogens (tertiary/aromatic N) is 4. The Kier molecular flexibility index (Phi) is 6.88. The van der Waals surface area contributed by atoms with E-state index in [2.05, 4.69) is 76.7 Å². The van der Waals surface area contributed by atoms with E-state index in [1.807, 2.05) is 6.07 Å². The summed E-state index contributed by atoms with van der Waals surface area (Å²) in [5.41, 5.74) is 13.1. The van der Waals surface area contributed by atoms with Crippen LogP contribution in [0.25, 0.3) is 34.2 Å². The minimum absolute atomic E-state index is 0.0383. The van der Waals surface area contributed by atoms with Gasteiger partial charge in [0.05, 0.1) is 5.56 Å². The molecular weight excluding hydrogens is 437 g/mol. The van der Waals surface area contributed by atoms with Gasteiger partial charge in [0, 0.05) is 16.7 Å². The number of nitriles is 1. The van der Waals surface area contributed by atoms with Crippen LogP contribution in [-0.4, -0.2) is 85.6 Å². The average Bonchev–Trinajstić information content (AvgIpc) is 2.87. The lowest BCUT2D eigenvalue weighted by Gasteiger charge is -2.20.